The van der Waals surface area contributed by atoms with Gasteiger partial charge in [0.1, 0.15) is 19.3 Å². The highest BCUT2D eigenvalue weighted by Gasteiger charge is 2.20. The maximum Gasteiger partial charge on any atom is 0.306 e. The molecule has 0 saturated heterocycles. The highest BCUT2D eigenvalue weighted by molar-refractivity contribution is 7.45. The zero-order valence-corrected chi connectivity index (χ0v) is 30.9. The molecule has 0 amide bonds. The van der Waals surface area contributed by atoms with Crippen molar-refractivity contribution < 1.29 is 37.3 Å². The topological polar surface area (TPSA) is 94.1 Å². The SMILES string of the molecule is CC/C=C\C/C=C\C/C=C\C/C=C\CCCCCCCCCOCC(COP(=O)([O-])OCC[N+](C)(C)C)OC(=O)CCCCCC. The number of esters is 1. The van der Waals surface area contributed by atoms with Crippen LogP contribution in [-0.2, 0) is 27.9 Å². The monoisotopic (exact) mass is 669 g/mol. The zero-order valence-electron chi connectivity index (χ0n) is 30.0. The molecule has 46 heavy (non-hydrogen) atoms. The van der Waals surface area contributed by atoms with Crippen molar-refractivity contribution in [2.45, 2.75) is 129 Å². The average molecular weight is 670 g/mol. The number of unbranched alkanes of at least 4 members (excludes halogenated alkanes) is 10. The number of carbonyl (C=O) groups is 1. The van der Waals surface area contributed by atoms with Gasteiger partial charge in [0.25, 0.3) is 7.82 Å². The Morgan fingerprint density at radius 1 is 0.696 bits per heavy atom. The maximum absolute atomic E-state index is 12.3. The first-order valence-corrected chi connectivity index (χ1v) is 19.3. The van der Waals surface area contributed by atoms with Gasteiger partial charge in [0.05, 0.1) is 34.4 Å². The lowest BCUT2D eigenvalue weighted by atomic mass is 10.1. The van der Waals surface area contributed by atoms with E-state index in [9.17, 15) is 14.3 Å². The predicted molar refractivity (Wildman–Crippen MR) is 190 cm³/mol. The number of hydrogen-bond acceptors (Lipinski definition) is 7. The number of phosphoric acid groups is 1. The van der Waals surface area contributed by atoms with Gasteiger partial charge in [-0.25, -0.2) is 0 Å². The van der Waals surface area contributed by atoms with Gasteiger partial charge in [0.15, 0.2) is 0 Å². The third kappa shape index (κ3) is 33.8. The molecule has 0 spiro atoms. The van der Waals surface area contributed by atoms with Crippen LogP contribution in [0.4, 0.5) is 0 Å². The van der Waals surface area contributed by atoms with E-state index in [0.717, 1.165) is 77.0 Å². The number of hydrogen-bond donors (Lipinski definition) is 0. The molecule has 0 radical (unpaired) electrons. The van der Waals surface area contributed by atoms with Gasteiger partial charge in [-0.15, -0.1) is 0 Å². The summed E-state index contributed by atoms with van der Waals surface area (Å²) < 4.78 is 34.1. The number of likely N-dealkylation sites (N-methyl/N-ethyl adjacent to an activating group) is 1. The first-order chi connectivity index (χ1) is 22.1. The highest BCUT2D eigenvalue weighted by atomic mass is 31.2. The minimum Gasteiger partial charge on any atom is -0.756 e. The van der Waals surface area contributed by atoms with Crippen molar-refractivity contribution in [3.8, 4) is 0 Å². The predicted octanol–water partition coefficient (Wildman–Crippen LogP) is 9.02. The molecule has 2 atom stereocenters. The van der Waals surface area contributed by atoms with E-state index in [-0.39, 0.29) is 25.8 Å². The fourth-order valence-corrected chi connectivity index (χ4v) is 5.09. The molecular weight excluding hydrogens is 601 g/mol. The quantitative estimate of drug-likeness (QED) is 0.0232. The van der Waals surface area contributed by atoms with Gasteiger partial charge in [-0.1, -0.05) is 114 Å². The first-order valence-electron chi connectivity index (χ1n) is 17.9. The van der Waals surface area contributed by atoms with Crippen molar-refractivity contribution in [1.82, 2.24) is 0 Å². The molecule has 0 heterocycles. The molecule has 0 bridgehead atoms. The van der Waals surface area contributed by atoms with E-state index in [4.69, 9.17) is 18.5 Å². The number of ether oxygens (including phenoxy) is 2. The number of quaternary nitrogens is 1. The molecule has 2 unspecified atom stereocenters. The van der Waals surface area contributed by atoms with Crippen LogP contribution in [0.25, 0.3) is 0 Å². The van der Waals surface area contributed by atoms with E-state index >= 15 is 0 Å². The molecule has 0 fully saturated rings. The van der Waals surface area contributed by atoms with Crippen molar-refractivity contribution in [3.05, 3.63) is 48.6 Å². The lowest BCUT2D eigenvalue weighted by molar-refractivity contribution is -0.870. The summed E-state index contributed by atoms with van der Waals surface area (Å²) in [5, 5.41) is 0. The summed E-state index contributed by atoms with van der Waals surface area (Å²) in [6.07, 6.45) is 34.6. The van der Waals surface area contributed by atoms with Crippen molar-refractivity contribution in [1.29, 1.82) is 0 Å². The molecule has 0 aliphatic rings. The zero-order chi connectivity index (χ0) is 34.2. The molecular formula is C37H68NO7P. The van der Waals surface area contributed by atoms with Crippen LogP contribution >= 0.6 is 7.82 Å². The minimum absolute atomic E-state index is 0.0218. The lowest BCUT2D eigenvalue weighted by Gasteiger charge is -2.28. The average Bonchev–Trinajstić information content (AvgIpc) is 2.99. The fraction of sp³-hybridized carbons (Fsp3) is 0.757. The Morgan fingerprint density at radius 2 is 1.26 bits per heavy atom. The van der Waals surface area contributed by atoms with Crippen LogP contribution in [0.15, 0.2) is 48.6 Å². The first kappa shape index (κ1) is 44.5. The Labute approximate surface area is 282 Å². The Kier molecular flexibility index (Phi) is 29.7. The van der Waals surface area contributed by atoms with Crippen LogP contribution in [-0.4, -0.2) is 70.7 Å². The van der Waals surface area contributed by atoms with E-state index in [0.29, 0.717) is 24.1 Å². The van der Waals surface area contributed by atoms with Crippen LogP contribution in [0.3, 0.4) is 0 Å². The summed E-state index contributed by atoms with van der Waals surface area (Å²) in [4.78, 5) is 24.5. The summed E-state index contributed by atoms with van der Waals surface area (Å²) >= 11 is 0. The number of carbonyl (C=O) groups excluding carboxylic acids is 1. The van der Waals surface area contributed by atoms with E-state index in [1.807, 2.05) is 21.1 Å². The smallest absolute Gasteiger partial charge is 0.306 e. The van der Waals surface area contributed by atoms with Crippen LogP contribution in [0.5, 0.6) is 0 Å². The Morgan fingerprint density at radius 3 is 1.87 bits per heavy atom. The van der Waals surface area contributed by atoms with Gasteiger partial charge >= 0.3 is 5.97 Å². The number of allylic oxidation sites excluding steroid dienone is 8. The molecule has 9 heteroatoms. The number of phosphoric ester groups is 1. The third-order valence-electron chi connectivity index (χ3n) is 7.14. The van der Waals surface area contributed by atoms with Gasteiger partial charge in [0.2, 0.25) is 0 Å². The standard InChI is InChI=1S/C37H68NO7P/c1-6-8-10-12-13-14-15-16-17-18-19-20-21-22-23-24-25-26-27-29-32-42-34-36(45-37(39)30-28-11-9-7-2)35-44-46(40,41)43-33-31-38(3,4)5/h8,10,13-14,16-17,19-20,36H,6-7,9,11-12,15,18,21-35H2,1-5H3/b10-8-,14-13-,17-16-,20-19-. The summed E-state index contributed by atoms with van der Waals surface area (Å²) in [5.74, 6) is -0.359. The molecule has 8 nitrogen and oxygen atoms in total. The van der Waals surface area contributed by atoms with E-state index in [1.165, 1.54) is 25.7 Å². The molecule has 0 rings (SSSR count). The van der Waals surface area contributed by atoms with Gasteiger partial charge in [-0.3, -0.25) is 9.36 Å². The largest absolute Gasteiger partial charge is 0.756 e. The summed E-state index contributed by atoms with van der Waals surface area (Å²) in [6, 6.07) is 0. The minimum atomic E-state index is -4.50. The fourth-order valence-electron chi connectivity index (χ4n) is 4.36. The van der Waals surface area contributed by atoms with E-state index in [1.54, 1.807) is 0 Å². The van der Waals surface area contributed by atoms with Crippen LogP contribution in [0, 0.1) is 0 Å². The highest BCUT2D eigenvalue weighted by Crippen LogP contribution is 2.38. The molecule has 0 saturated carbocycles. The molecule has 0 aromatic heterocycles. The number of nitrogens with zero attached hydrogens (tertiary/aromatic N) is 1. The second-order valence-electron chi connectivity index (χ2n) is 12.9. The lowest BCUT2D eigenvalue weighted by Crippen LogP contribution is -2.37. The second-order valence-corrected chi connectivity index (χ2v) is 14.3. The molecule has 0 aromatic carbocycles. The molecule has 0 aliphatic heterocycles. The maximum atomic E-state index is 12.3. The normalized spacial score (nSPS) is 14.7. The molecule has 0 aromatic rings. The Hall–Kier alpha value is -1.54. The van der Waals surface area contributed by atoms with E-state index < -0.39 is 13.9 Å². The van der Waals surface area contributed by atoms with Crippen LogP contribution in [0.1, 0.15) is 123 Å². The Bertz CT molecular complexity index is 879. The molecule has 0 aliphatic carbocycles. The molecule has 268 valence electrons. The van der Waals surface area contributed by atoms with Crippen molar-refractivity contribution in [2.75, 3.05) is 54.1 Å². The van der Waals surface area contributed by atoms with Crippen molar-refractivity contribution in [2.24, 2.45) is 0 Å². The van der Waals surface area contributed by atoms with Crippen LogP contribution < -0.4 is 4.89 Å². The van der Waals surface area contributed by atoms with Gasteiger partial charge in [-0.2, -0.15) is 0 Å². The van der Waals surface area contributed by atoms with Crippen molar-refractivity contribution >= 4 is 13.8 Å². The van der Waals surface area contributed by atoms with Gasteiger partial charge < -0.3 is 27.9 Å². The van der Waals surface area contributed by atoms with Gasteiger partial charge in [-0.05, 0) is 51.4 Å². The summed E-state index contributed by atoms with van der Waals surface area (Å²) in [7, 11) is 1.34. The van der Waals surface area contributed by atoms with E-state index in [2.05, 4.69) is 62.5 Å². The summed E-state index contributed by atoms with van der Waals surface area (Å²) in [6.45, 7) is 5.12. The van der Waals surface area contributed by atoms with Gasteiger partial charge in [0, 0.05) is 13.0 Å². The second kappa shape index (κ2) is 30.8. The molecule has 0 N–H and O–H groups in total. The number of rotatable bonds is 32. The summed E-state index contributed by atoms with van der Waals surface area (Å²) in [5.41, 5.74) is 0. The van der Waals surface area contributed by atoms with Crippen molar-refractivity contribution in [3.63, 3.8) is 0 Å². The third-order valence-corrected chi connectivity index (χ3v) is 8.11. The van der Waals surface area contributed by atoms with Crippen LogP contribution in [0.2, 0.25) is 0 Å². The Balaban J connectivity index is 4.08.